The summed E-state index contributed by atoms with van der Waals surface area (Å²) in [6.45, 7) is 4.73. The summed E-state index contributed by atoms with van der Waals surface area (Å²) in [5.41, 5.74) is 3.52. The molecule has 0 atom stereocenters. The van der Waals surface area contributed by atoms with E-state index in [9.17, 15) is 9.59 Å². The Hall–Kier alpha value is -2.96. The molecule has 27 heavy (non-hydrogen) atoms. The lowest BCUT2D eigenvalue weighted by molar-refractivity contribution is -0.118. The van der Waals surface area contributed by atoms with E-state index >= 15 is 0 Å². The van der Waals surface area contributed by atoms with Gasteiger partial charge in [0.15, 0.2) is 5.78 Å². The van der Waals surface area contributed by atoms with Crippen LogP contribution in [0, 0.1) is 6.92 Å². The van der Waals surface area contributed by atoms with Gasteiger partial charge in [0.25, 0.3) is 0 Å². The van der Waals surface area contributed by atoms with Gasteiger partial charge < -0.3 is 15.1 Å². The first kappa shape index (κ1) is 17.5. The zero-order chi connectivity index (χ0) is 18.8. The highest BCUT2D eigenvalue weighted by molar-refractivity contribution is 6.03. The SMILES string of the molecule is Cc1ccc(Nc2nc(N3CCN(C=O)CC3)nc3c2C(=O)CCC3)cc1. The molecule has 1 aliphatic carbocycles. The van der Waals surface area contributed by atoms with E-state index in [1.165, 1.54) is 5.56 Å². The van der Waals surface area contributed by atoms with E-state index in [2.05, 4.69) is 10.2 Å². The molecule has 0 saturated carbocycles. The number of piperazine rings is 1. The maximum Gasteiger partial charge on any atom is 0.227 e. The number of Topliss-reactive ketones (excluding diaryl/α,β-unsaturated/α-hetero) is 1. The first-order chi connectivity index (χ1) is 13.1. The maximum atomic E-state index is 12.5. The number of fused-ring (bicyclic) bond motifs is 1. The molecule has 2 aliphatic rings. The molecule has 1 saturated heterocycles. The number of nitrogens with zero attached hydrogens (tertiary/aromatic N) is 4. The Labute approximate surface area is 158 Å². The molecule has 1 aromatic carbocycles. The third-order valence-corrected chi connectivity index (χ3v) is 5.13. The van der Waals surface area contributed by atoms with E-state index in [1.54, 1.807) is 4.90 Å². The minimum atomic E-state index is 0.100. The monoisotopic (exact) mass is 365 g/mol. The van der Waals surface area contributed by atoms with Crippen molar-refractivity contribution in [1.29, 1.82) is 0 Å². The molecule has 0 spiro atoms. The highest BCUT2D eigenvalue weighted by Gasteiger charge is 2.27. The molecular weight excluding hydrogens is 342 g/mol. The van der Waals surface area contributed by atoms with Gasteiger partial charge in [0, 0.05) is 38.3 Å². The van der Waals surface area contributed by atoms with Crippen molar-refractivity contribution in [2.24, 2.45) is 0 Å². The first-order valence-corrected chi connectivity index (χ1v) is 9.36. The van der Waals surface area contributed by atoms with Crippen LogP contribution in [-0.2, 0) is 11.2 Å². The van der Waals surface area contributed by atoms with Crippen molar-refractivity contribution in [2.45, 2.75) is 26.2 Å². The second kappa shape index (κ2) is 7.34. The Morgan fingerprint density at radius 1 is 1.04 bits per heavy atom. The van der Waals surface area contributed by atoms with Crippen LogP contribution in [0.15, 0.2) is 24.3 Å². The number of benzene rings is 1. The number of amides is 1. The van der Waals surface area contributed by atoms with Crippen molar-refractivity contribution >= 4 is 29.6 Å². The van der Waals surface area contributed by atoms with Gasteiger partial charge in [-0.05, 0) is 31.9 Å². The minimum absolute atomic E-state index is 0.100. The number of aromatic nitrogens is 2. The number of aryl methyl sites for hydroxylation is 2. The summed E-state index contributed by atoms with van der Waals surface area (Å²) < 4.78 is 0. The fourth-order valence-corrected chi connectivity index (χ4v) is 3.54. The smallest absolute Gasteiger partial charge is 0.227 e. The zero-order valence-electron chi connectivity index (χ0n) is 15.4. The van der Waals surface area contributed by atoms with Crippen LogP contribution in [0.5, 0.6) is 0 Å². The lowest BCUT2D eigenvalue weighted by Crippen LogP contribution is -2.46. The molecule has 7 nitrogen and oxygen atoms in total. The summed E-state index contributed by atoms with van der Waals surface area (Å²) in [4.78, 5) is 36.7. The lowest BCUT2D eigenvalue weighted by Gasteiger charge is -2.33. The van der Waals surface area contributed by atoms with Gasteiger partial charge >= 0.3 is 0 Å². The standard InChI is InChI=1S/C20H23N5O2/c1-14-5-7-15(8-6-14)21-19-18-16(3-2-4-17(18)27)22-20(23-19)25-11-9-24(13-26)10-12-25/h5-8,13H,2-4,9-12H2,1H3,(H,21,22,23). The molecule has 0 radical (unpaired) electrons. The van der Waals surface area contributed by atoms with Gasteiger partial charge in [-0.15, -0.1) is 0 Å². The van der Waals surface area contributed by atoms with Crippen LogP contribution in [0.1, 0.15) is 34.5 Å². The molecule has 140 valence electrons. The summed E-state index contributed by atoms with van der Waals surface area (Å²) >= 11 is 0. The summed E-state index contributed by atoms with van der Waals surface area (Å²) in [7, 11) is 0. The highest BCUT2D eigenvalue weighted by atomic mass is 16.1. The van der Waals surface area contributed by atoms with Crippen LogP contribution in [0.2, 0.25) is 0 Å². The number of hydrogen-bond acceptors (Lipinski definition) is 6. The predicted octanol–water partition coefficient (Wildman–Crippen LogP) is 2.33. The Morgan fingerprint density at radius 3 is 2.48 bits per heavy atom. The van der Waals surface area contributed by atoms with Gasteiger partial charge in [-0.1, -0.05) is 17.7 Å². The topological polar surface area (TPSA) is 78.4 Å². The first-order valence-electron chi connectivity index (χ1n) is 9.36. The van der Waals surface area contributed by atoms with Crippen molar-refractivity contribution < 1.29 is 9.59 Å². The molecule has 7 heteroatoms. The molecule has 4 rings (SSSR count). The summed E-state index contributed by atoms with van der Waals surface area (Å²) in [5, 5.41) is 3.32. The quantitative estimate of drug-likeness (QED) is 0.838. The number of carbonyl (C=O) groups is 2. The largest absolute Gasteiger partial charge is 0.342 e. The van der Waals surface area contributed by atoms with E-state index in [0.29, 0.717) is 49.9 Å². The van der Waals surface area contributed by atoms with Crippen LogP contribution in [-0.4, -0.2) is 53.2 Å². The molecule has 2 heterocycles. The van der Waals surface area contributed by atoms with E-state index in [-0.39, 0.29) is 5.78 Å². The second-order valence-electron chi connectivity index (χ2n) is 7.09. The van der Waals surface area contributed by atoms with E-state index in [0.717, 1.165) is 30.6 Å². The van der Waals surface area contributed by atoms with Gasteiger partial charge in [0.1, 0.15) is 5.82 Å². The van der Waals surface area contributed by atoms with Crippen LogP contribution >= 0.6 is 0 Å². The number of anilines is 3. The Balaban J connectivity index is 1.68. The fourth-order valence-electron chi connectivity index (χ4n) is 3.54. The molecule has 1 fully saturated rings. The minimum Gasteiger partial charge on any atom is -0.342 e. The molecule has 1 aliphatic heterocycles. The maximum absolute atomic E-state index is 12.5. The molecule has 2 aromatic rings. The van der Waals surface area contributed by atoms with Crippen molar-refractivity contribution in [3.63, 3.8) is 0 Å². The molecule has 0 bridgehead atoms. The van der Waals surface area contributed by atoms with Crippen LogP contribution in [0.25, 0.3) is 0 Å². The second-order valence-corrected chi connectivity index (χ2v) is 7.09. The number of nitrogens with one attached hydrogen (secondary N) is 1. The molecular formula is C20H23N5O2. The van der Waals surface area contributed by atoms with E-state index < -0.39 is 0 Å². The van der Waals surface area contributed by atoms with Crippen molar-refractivity contribution in [3.8, 4) is 0 Å². The summed E-state index contributed by atoms with van der Waals surface area (Å²) in [6.07, 6.45) is 3.03. The number of carbonyl (C=O) groups excluding carboxylic acids is 2. The fraction of sp³-hybridized carbons (Fsp3) is 0.400. The number of ketones is 1. The van der Waals surface area contributed by atoms with Gasteiger partial charge in [-0.2, -0.15) is 4.98 Å². The summed E-state index contributed by atoms with van der Waals surface area (Å²) in [6, 6.07) is 8.02. The van der Waals surface area contributed by atoms with Crippen LogP contribution in [0.3, 0.4) is 0 Å². The normalized spacial score (nSPS) is 16.9. The number of rotatable bonds is 4. The molecule has 1 aromatic heterocycles. The predicted molar refractivity (Wildman–Crippen MR) is 104 cm³/mol. The van der Waals surface area contributed by atoms with Gasteiger partial charge in [-0.3, -0.25) is 9.59 Å². The van der Waals surface area contributed by atoms with Crippen molar-refractivity contribution in [3.05, 3.63) is 41.1 Å². The highest BCUT2D eigenvalue weighted by Crippen LogP contribution is 2.30. The molecule has 0 unspecified atom stereocenters. The molecule has 1 amide bonds. The lowest BCUT2D eigenvalue weighted by atomic mass is 9.95. The van der Waals surface area contributed by atoms with E-state index in [4.69, 9.17) is 9.97 Å². The van der Waals surface area contributed by atoms with Gasteiger partial charge in [0.2, 0.25) is 12.4 Å². The Bertz CT molecular complexity index is 857. The Morgan fingerprint density at radius 2 is 1.78 bits per heavy atom. The third kappa shape index (κ3) is 3.63. The number of hydrogen-bond donors (Lipinski definition) is 1. The van der Waals surface area contributed by atoms with Crippen molar-refractivity contribution in [2.75, 3.05) is 36.4 Å². The van der Waals surface area contributed by atoms with Gasteiger partial charge in [-0.25, -0.2) is 4.98 Å². The van der Waals surface area contributed by atoms with E-state index in [1.807, 2.05) is 31.2 Å². The van der Waals surface area contributed by atoms with Crippen molar-refractivity contribution in [1.82, 2.24) is 14.9 Å². The molecule has 1 N–H and O–H groups in total. The third-order valence-electron chi connectivity index (χ3n) is 5.13. The average Bonchev–Trinajstić information content (AvgIpc) is 2.69. The summed E-state index contributed by atoms with van der Waals surface area (Å²) in [5.74, 6) is 1.31. The Kier molecular flexibility index (Phi) is 4.75. The van der Waals surface area contributed by atoms with Crippen LogP contribution < -0.4 is 10.2 Å². The van der Waals surface area contributed by atoms with Gasteiger partial charge in [0.05, 0.1) is 11.3 Å². The van der Waals surface area contributed by atoms with Crippen LogP contribution in [0.4, 0.5) is 17.5 Å². The average molecular weight is 365 g/mol. The zero-order valence-corrected chi connectivity index (χ0v) is 15.4.